The number of rotatable bonds is 5. The number of nitrogens with one attached hydrogen (secondary N) is 2. The van der Waals surface area contributed by atoms with E-state index in [-0.39, 0.29) is 24.7 Å². The summed E-state index contributed by atoms with van der Waals surface area (Å²) in [5.41, 5.74) is 0. The largest absolute Gasteiger partial charge is 0.450 e. The van der Waals surface area contributed by atoms with Crippen LogP contribution in [0.1, 0.15) is 26.2 Å². The molecule has 2 N–H and O–H groups in total. The Morgan fingerprint density at radius 3 is 3.06 bits per heavy atom. The van der Waals surface area contributed by atoms with E-state index in [1.807, 2.05) is 6.92 Å². The van der Waals surface area contributed by atoms with Crippen LogP contribution < -0.4 is 10.6 Å². The van der Waals surface area contributed by atoms with Gasteiger partial charge in [0.2, 0.25) is 0 Å². The number of carbonyl (C=O) groups is 1. The summed E-state index contributed by atoms with van der Waals surface area (Å²) in [5.74, 6) is 0.00897. The molecule has 16 heavy (non-hydrogen) atoms. The summed E-state index contributed by atoms with van der Waals surface area (Å²) in [6.45, 7) is 3.54. The maximum atomic E-state index is 12.5. The number of alkyl carbamates (subject to hydrolysis) is 1. The SMILES string of the molecule is CCCCOC(=O)NC1CNCC(CF)C1. The molecule has 1 fully saturated rings. The van der Waals surface area contributed by atoms with Gasteiger partial charge in [-0.3, -0.25) is 4.39 Å². The van der Waals surface area contributed by atoms with Gasteiger partial charge in [-0.15, -0.1) is 0 Å². The molecule has 0 aromatic heterocycles. The molecule has 0 spiro atoms. The van der Waals surface area contributed by atoms with E-state index in [0.29, 0.717) is 26.1 Å². The molecule has 5 heteroatoms. The van der Waals surface area contributed by atoms with Gasteiger partial charge in [0.1, 0.15) is 0 Å². The molecule has 0 saturated carbocycles. The van der Waals surface area contributed by atoms with Gasteiger partial charge in [-0.25, -0.2) is 4.79 Å². The van der Waals surface area contributed by atoms with E-state index in [4.69, 9.17) is 4.74 Å². The van der Waals surface area contributed by atoms with Crippen molar-refractivity contribution in [2.24, 2.45) is 5.92 Å². The number of hydrogen-bond donors (Lipinski definition) is 2. The molecule has 0 bridgehead atoms. The van der Waals surface area contributed by atoms with Gasteiger partial charge >= 0.3 is 6.09 Å². The fourth-order valence-electron chi connectivity index (χ4n) is 1.78. The van der Waals surface area contributed by atoms with Crippen molar-refractivity contribution < 1.29 is 13.9 Å². The van der Waals surface area contributed by atoms with Crippen LogP contribution in [0, 0.1) is 5.92 Å². The molecule has 0 aromatic carbocycles. The first-order valence-corrected chi connectivity index (χ1v) is 5.96. The van der Waals surface area contributed by atoms with Crippen molar-refractivity contribution in [3.05, 3.63) is 0 Å². The molecule has 1 heterocycles. The van der Waals surface area contributed by atoms with Gasteiger partial charge in [0.05, 0.1) is 13.3 Å². The topological polar surface area (TPSA) is 50.4 Å². The van der Waals surface area contributed by atoms with Gasteiger partial charge in [-0.1, -0.05) is 13.3 Å². The molecule has 0 aliphatic carbocycles. The third-order valence-corrected chi connectivity index (χ3v) is 2.71. The van der Waals surface area contributed by atoms with Crippen LogP contribution >= 0.6 is 0 Å². The standard InChI is InChI=1S/C11H21FN2O2/c1-2-3-4-16-11(15)14-10-5-9(6-12)7-13-8-10/h9-10,13H,2-8H2,1H3,(H,14,15). The number of halogens is 1. The molecule has 1 saturated heterocycles. The molecule has 1 aliphatic heterocycles. The van der Waals surface area contributed by atoms with Gasteiger partial charge in [-0.05, 0) is 12.8 Å². The van der Waals surface area contributed by atoms with Crippen molar-refractivity contribution >= 4 is 6.09 Å². The van der Waals surface area contributed by atoms with Crippen molar-refractivity contribution in [3.63, 3.8) is 0 Å². The third-order valence-electron chi connectivity index (χ3n) is 2.71. The van der Waals surface area contributed by atoms with Gasteiger partial charge < -0.3 is 15.4 Å². The molecule has 0 radical (unpaired) electrons. The van der Waals surface area contributed by atoms with Gasteiger partial charge in [0.15, 0.2) is 0 Å². The average molecular weight is 232 g/mol. The van der Waals surface area contributed by atoms with Crippen LogP contribution in [0.15, 0.2) is 0 Å². The molecular formula is C11H21FN2O2. The molecule has 1 aliphatic rings. The summed E-state index contributed by atoms with van der Waals surface area (Å²) >= 11 is 0. The Morgan fingerprint density at radius 1 is 1.56 bits per heavy atom. The fourth-order valence-corrected chi connectivity index (χ4v) is 1.78. The zero-order valence-corrected chi connectivity index (χ0v) is 9.80. The minimum absolute atomic E-state index is 0.00897. The lowest BCUT2D eigenvalue weighted by Gasteiger charge is -2.28. The highest BCUT2D eigenvalue weighted by Crippen LogP contribution is 2.11. The smallest absolute Gasteiger partial charge is 0.407 e. The van der Waals surface area contributed by atoms with Gasteiger partial charge in [-0.2, -0.15) is 0 Å². The first kappa shape index (κ1) is 13.2. The second kappa shape index (κ2) is 7.44. The number of alkyl halides is 1. The van der Waals surface area contributed by atoms with Gasteiger partial charge in [0.25, 0.3) is 0 Å². The zero-order valence-electron chi connectivity index (χ0n) is 9.80. The zero-order chi connectivity index (χ0) is 11.8. The highest BCUT2D eigenvalue weighted by Gasteiger charge is 2.23. The Balaban J connectivity index is 2.17. The molecule has 2 atom stereocenters. The number of piperidine rings is 1. The van der Waals surface area contributed by atoms with Crippen LogP contribution in [0.4, 0.5) is 9.18 Å². The van der Waals surface area contributed by atoms with Crippen molar-refractivity contribution in [2.75, 3.05) is 26.4 Å². The molecule has 1 rings (SSSR count). The lowest BCUT2D eigenvalue weighted by Crippen LogP contribution is -2.49. The van der Waals surface area contributed by atoms with Crippen molar-refractivity contribution in [1.29, 1.82) is 0 Å². The average Bonchev–Trinajstić information content (AvgIpc) is 2.29. The van der Waals surface area contributed by atoms with E-state index in [1.165, 1.54) is 0 Å². The van der Waals surface area contributed by atoms with E-state index in [2.05, 4.69) is 10.6 Å². The quantitative estimate of drug-likeness (QED) is 0.706. The second-order valence-electron chi connectivity index (χ2n) is 4.25. The first-order chi connectivity index (χ1) is 7.76. The number of ether oxygens (including phenoxy) is 1. The van der Waals surface area contributed by atoms with Crippen molar-refractivity contribution in [3.8, 4) is 0 Å². The van der Waals surface area contributed by atoms with E-state index >= 15 is 0 Å². The van der Waals surface area contributed by atoms with Crippen molar-refractivity contribution in [1.82, 2.24) is 10.6 Å². The minimum Gasteiger partial charge on any atom is -0.450 e. The van der Waals surface area contributed by atoms with Crippen LogP contribution in [0.2, 0.25) is 0 Å². The first-order valence-electron chi connectivity index (χ1n) is 5.96. The van der Waals surface area contributed by atoms with E-state index < -0.39 is 0 Å². The fraction of sp³-hybridized carbons (Fsp3) is 0.909. The van der Waals surface area contributed by atoms with Crippen LogP contribution in [-0.4, -0.2) is 38.5 Å². The molecule has 1 amide bonds. The third kappa shape index (κ3) is 4.79. The van der Waals surface area contributed by atoms with Crippen LogP contribution in [0.25, 0.3) is 0 Å². The minimum atomic E-state index is -0.389. The Kier molecular flexibility index (Phi) is 6.15. The Bertz CT molecular complexity index is 214. The predicted molar refractivity (Wildman–Crippen MR) is 60.1 cm³/mol. The Hall–Kier alpha value is -0.840. The van der Waals surface area contributed by atoms with Crippen molar-refractivity contribution in [2.45, 2.75) is 32.2 Å². The second-order valence-corrected chi connectivity index (χ2v) is 4.25. The summed E-state index contributed by atoms with van der Waals surface area (Å²) < 4.78 is 17.4. The van der Waals surface area contributed by atoms with E-state index in [0.717, 1.165) is 12.8 Å². The van der Waals surface area contributed by atoms with Crippen LogP contribution in [-0.2, 0) is 4.74 Å². The molecule has 2 unspecified atom stereocenters. The van der Waals surface area contributed by atoms with Gasteiger partial charge in [0, 0.05) is 25.0 Å². The van der Waals surface area contributed by atoms with Crippen LogP contribution in [0.3, 0.4) is 0 Å². The maximum absolute atomic E-state index is 12.5. The molecule has 0 aromatic rings. The molecule has 4 nitrogen and oxygen atoms in total. The highest BCUT2D eigenvalue weighted by molar-refractivity contribution is 5.67. The number of hydrogen-bond acceptors (Lipinski definition) is 3. The number of amides is 1. The summed E-state index contributed by atoms with van der Waals surface area (Å²) in [6, 6.07) is -0.0105. The van der Waals surface area contributed by atoms with E-state index in [9.17, 15) is 9.18 Å². The highest BCUT2D eigenvalue weighted by atomic mass is 19.1. The summed E-state index contributed by atoms with van der Waals surface area (Å²) in [4.78, 5) is 11.3. The van der Waals surface area contributed by atoms with Crippen LogP contribution in [0.5, 0.6) is 0 Å². The Labute approximate surface area is 95.9 Å². The maximum Gasteiger partial charge on any atom is 0.407 e. The van der Waals surface area contributed by atoms with E-state index in [1.54, 1.807) is 0 Å². The Morgan fingerprint density at radius 2 is 2.38 bits per heavy atom. The molecular weight excluding hydrogens is 211 g/mol. The normalized spacial score (nSPS) is 25.1. The molecule has 94 valence electrons. The lowest BCUT2D eigenvalue weighted by molar-refractivity contribution is 0.135. The number of unbranched alkanes of at least 4 members (excludes halogenated alkanes) is 1. The monoisotopic (exact) mass is 232 g/mol. The lowest BCUT2D eigenvalue weighted by atomic mass is 9.97. The predicted octanol–water partition coefficient (Wildman–Crippen LogP) is 1.46. The summed E-state index contributed by atoms with van der Waals surface area (Å²) in [6.07, 6.45) is 2.18. The number of carbonyl (C=O) groups excluding carboxylic acids is 1. The summed E-state index contributed by atoms with van der Waals surface area (Å²) in [5, 5.41) is 5.85. The summed E-state index contributed by atoms with van der Waals surface area (Å²) in [7, 11) is 0.